The van der Waals surface area contributed by atoms with Crippen LogP contribution in [0, 0.1) is 5.92 Å². The molecule has 1 aromatic carbocycles. The molecule has 2 aliphatic carbocycles. The van der Waals surface area contributed by atoms with Crippen LogP contribution >= 0.6 is 0 Å². The van der Waals surface area contributed by atoms with Gasteiger partial charge in [0.1, 0.15) is 0 Å². The molecule has 4 unspecified atom stereocenters. The van der Waals surface area contributed by atoms with Gasteiger partial charge in [0.15, 0.2) is 0 Å². The topological polar surface area (TPSA) is 75.4 Å². The minimum absolute atomic E-state index is 0.0818. The van der Waals surface area contributed by atoms with E-state index in [1.165, 1.54) is 11.1 Å². The third kappa shape index (κ3) is 2.41. The van der Waals surface area contributed by atoms with E-state index in [-0.39, 0.29) is 30.3 Å². The van der Waals surface area contributed by atoms with E-state index in [1.807, 2.05) is 24.3 Å². The van der Waals surface area contributed by atoms with Gasteiger partial charge in [-0.15, -0.1) is 0 Å². The van der Waals surface area contributed by atoms with Crippen molar-refractivity contribution in [1.82, 2.24) is 5.32 Å². The predicted molar refractivity (Wildman–Crippen MR) is 81.5 cm³/mol. The summed E-state index contributed by atoms with van der Waals surface area (Å²) in [7, 11) is 0. The van der Waals surface area contributed by atoms with E-state index in [2.05, 4.69) is 23.5 Å². The number of carbonyl (C=O) groups excluding carboxylic acids is 1. The second-order valence-corrected chi connectivity index (χ2v) is 5.78. The zero-order valence-corrected chi connectivity index (χ0v) is 12.0. The van der Waals surface area contributed by atoms with Crippen LogP contribution in [0.4, 0.5) is 0 Å². The number of allylic oxidation sites excluding steroid dienone is 3. The van der Waals surface area contributed by atoms with Crippen LogP contribution in [-0.2, 0) is 4.79 Å². The van der Waals surface area contributed by atoms with Crippen molar-refractivity contribution in [2.75, 3.05) is 6.61 Å². The number of hydrogen-bond donors (Lipinski definition) is 3. The monoisotopic (exact) mass is 284 g/mol. The highest BCUT2D eigenvalue weighted by atomic mass is 16.3. The highest BCUT2D eigenvalue weighted by molar-refractivity contribution is 5.83. The Labute approximate surface area is 124 Å². The first-order chi connectivity index (χ1) is 10.1. The van der Waals surface area contributed by atoms with Crippen molar-refractivity contribution in [2.24, 2.45) is 11.7 Å². The molecule has 0 heterocycles. The van der Waals surface area contributed by atoms with Gasteiger partial charge < -0.3 is 16.2 Å². The average molecular weight is 284 g/mol. The lowest BCUT2D eigenvalue weighted by Gasteiger charge is -2.24. The summed E-state index contributed by atoms with van der Waals surface area (Å²) in [6.07, 6.45) is 6.08. The van der Waals surface area contributed by atoms with Crippen molar-refractivity contribution in [1.29, 1.82) is 0 Å². The number of rotatable bonds is 3. The van der Waals surface area contributed by atoms with Crippen molar-refractivity contribution >= 4 is 5.91 Å². The Kier molecular flexibility index (Phi) is 3.66. The molecule has 21 heavy (non-hydrogen) atoms. The SMILES string of the molecule is CC(N)C(=O)NC1=CC2C(C=C1)c1ccccc1C2CO. The van der Waals surface area contributed by atoms with Crippen LogP contribution < -0.4 is 11.1 Å². The van der Waals surface area contributed by atoms with Crippen LogP contribution in [0.15, 0.2) is 48.2 Å². The number of carbonyl (C=O) groups is 1. The Hall–Kier alpha value is -1.91. The lowest BCUT2D eigenvalue weighted by molar-refractivity contribution is -0.121. The molecular weight excluding hydrogens is 264 g/mol. The molecule has 2 aliphatic rings. The Balaban J connectivity index is 1.89. The van der Waals surface area contributed by atoms with Crippen LogP contribution in [0.3, 0.4) is 0 Å². The molecule has 0 saturated heterocycles. The second-order valence-electron chi connectivity index (χ2n) is 5.78. The van der Waals surface area contributed by atoms with Crippen molar-refractivity contribution in [3.05, 3.63) is 59.3 Å². The number of fused-ring (bicyclic) bond motifs is 3. The number of nitrogens with one attached hydrogen (secondary N) is 1. The summed E-state index contributed by atoms with van der Waals surface area (Å²) in [6.45, 7) is 1.77. The molecule has 4 heteroatoms. The van der Waals surface area contributed by atoms with Gasteiger partial charge in [0.25, 0.3) is 0 Å². The van der Waals surface area contributed by atoms with Crippen molar-refractivity contribution in [3.8, 4) is 0 Å². The maximum absolute atomic E-state index is 11.7. The molecule has 110 valence electrons. The van der Waals surface area contributed by atoms with E-state index in [0.29, 0.717) is 0 Å². The zero-order valence-electron chi connectivity index (χ0n) is 12.0. The van der Waals surface area contributed by atoms with Crippen LogP contribution in [0.1, 0.15) is 29.9 Å². The molecule has 0 bridgehead atoms. The maximum Gasteiger partial charge on any atom is 0.240 e. The quantitative estimate of drug-likeness (QED) is 0.785. The molecule has 4 nitrogen and oxygen atoms in total. The lowest BCUT2D eigenvalue weighted by atomic mass is 9.83. The highest BCUT2D eigenvalue weighted by Crippen LogP contribution is 2.49. The molecule has 1 aromatic rings. The first-order valence-corrected chi connectivity index (χ1v) is 7.28. The van der Waals surface area contributed by atoms with Gasteiger partial charge in [0.2, 0.25) is 5.91 Å². The summed E-state index contributed by atoms with van der Waals surface area (Å²) < 4.78 is 0. The number of aliphatic hydroxyl groups excluding tert-OH is 1. The van der Waals surface area contributed by atoms with Crippen LogP contribution in [0.2, 0.25) is 0 Å². The lowest BCUT2D eigenvalue weighted by Crippen LogP contribution is -2.38. The van der Waals surface area contributed by atoms with Gasteiger partial charge in [-0.2, -0.15) is 0 Å². The van der Waals surface area contributed by atoms with Crippen molar-refractivity contribution in [2.45, 2.75) is 24.8 Å². The minimum atomic E-state index is -0.536. The van der Waals surface area contributed by atoms with Crippen LogP contribution in [-0.4, -0.2) is 23.7 Å². The fourth-order valence-electron chi connectivity index (χ4n) is 3.30. The molecule has 3 rings (SSSR count). The zero-order chi connectivity index (χ0) is 15.0. The van der Waals surface area contributed by atoms with Gasteiger partial charge in [-0.1, -0.05) is 36.4 Å². The fraction of sp³-hybridized carbons (Fsp3) is 0.353. The van der Waals surface area contributed by atoms with Gasteiger partial charge in [-0.05, 0) is 30.0 Å². The Bertz CT molecular complexity index is 619. The second kappa shape index (κ2) is 5.47. The summed E-state index contributed by atoms with van der Waals surface area (Å²) in [5, 5.41) is 12.6. The molecule has 0 radical (unpaired) electrons. The molecule has 0 aliphatic heterocycles. The summed E-state index contributed by atoms with van der Waals surface area (Å²) in [5.74, 6) is 0.342. The number of nitrogens with two attached hydrogens (primary N) is 1. The predicted octanol–water partition coefficient (Wildman–Crippen LogP) is 1.39. The van der Waals surface area contributed by atoms with Crippen LogP contribution in [0.25, 0.3) is 0 Å². The number of amides is 1. The van der Waals surface area contributed by atoms with Gasteiger partial charge in [-0.25, -0.2) is 0 Å². The standard InChI is InChI=1S/C17H20N2O2/c1-10(18)17(21)19-11-6-7-14-12-4-2-3-5-13(12)16(9-20)15(14)8-11/h2-8,10,14-16,20H,9,18H2,1H3,(H,19,21). The van der Waals surface area contributed by atoms with E-state index in [9.17, 15) is 9.90 Å². The molecule has 1 amide bonds. The first-order valence-electron chi connectivity index (χ1n) is 7.28. The van der Waals surface area contributed by atoms with Gasteiger partial charge in [0.05, 0.1) is 12.6 Å². The number of hydrogen-bond acceptors (Lipinski definition) is 3. The Morgan fingerprint density at radius 3 is 2.76 bits per heavy atom. The smallest absolute Gasteiger partial charge is 0.240 e. The van der Waals surface area contributed by atoms with E-state index < -0.39 is 6.04 Å². The fourth-order valence-corrected chi connectivity index (χ4v) is 3.30. The maximum atomic E-state index is 11.7. The first kappa shape index (κ1) is 14.0. The molecule has 4 atom stereocenters. The summed E-state index contributed by atoms with van der Waals surface area (Å²) in [6, 6.07) is 7.69. The van der Waals surface area contributed by atoms with Crippen molar-refractivity contribution in [3.63, 3.8) is 0 Å². The third-order valence-corrected chi connectivity index (χ3v) is 4.37. The minimum Gasteiger partial charge on any atom is -0.396 e. The molecule has 0 saturated carbocycles. The number of aliphatic hydroxyl groups is 1. The van der Waals surface area contributed by atoms with E-state index in [1.54, 1.807) is 6.92 Å². The van der Waals surface area contributed by atoms with Gasteiger partial charge in [0, 0.05) is 17.5 Å². The molecular formula is C17H20N2O2. The van der Waals surface area contributed by atoms with Crippen molar-refractivity contribution < 1.29 is 9.90 Å². The third-order valence-electron chi connectivity index (χ3n) is 4.37. The van der Waals surface area contributed by atoms with E-state index >= 15 is 0 Å². The van der Waals surface area contributed by atoms with Gasteiger partial charge >= 0.3 is 0 Å². The average Bonchev–Trinajstić information content (AvgIpc) is 2.80. The summed E-state index contributed by atoms with van der Waals surface area (Å²) >= 11 is 0. The molecule has 4 N–H and O–H groups in total. The number of benzene rings is 1. The van der Waals surface area contributed by atoms with Gasteiger partial charge in [-0.3, -0.25) is 4.79 Å². The van der Waals surface area contributed by atoms with Crippen LogP contribution in [0.5, 0.6) is 0 Å². The highest BCUT2D eigenvalue weighted by Gasteiger charge is 2.39. The Morgan fingerprint density at radius 2 is 2.10 bits per heavy atom. The normalized spacial score (nSPS) is 27.6. The molecule has 0 fully saturated rings. The largest absolute Gasteiger partial charge is 0.396 e. The summed E-state index contributed by atoms with van der Waals surface area (Å²) in [5.41, 5.74) is 8.82. The van der Waals surface area contributed by atoms with E-state index in [0.717, 1.165) is 5.70 Å². The molecule has 0 aromatic heterocycles. The summed E-state index contributed by atoms with van der Waals surface area (Å²) in [4.78, 5) is 11.7. The van der Waals surface area contributed by atoms with E-state index in [4.69, 9.17) is 5.73 Å². The molecule has 0 spiro atoms. The Morgan fingerprint density at radius 1 is 1.38 bits per heavy atom.